The molecule has 0 radical (unpaired) electrons. The van der Waals surface area contributed by atoms with Crippen molar-refractivity contribution < 1.29 is 13.9 Å². The molecule has 0 fully saturated rings. The molecule has 4 heteroatoms. The van der Waals surface area contributed by atoms with Gasteiger partial charge < -0.3 is 9.64 Å². The largest absolute Gasteiger partial charge is 0.457 e. The van der Waals surface area contributed by atoms with Gasteiger partial charge in [0.25, 0.3) is 0 Å². The molecule has 0 N–H and O–H groups in total. The lowest BCUT2D eigenvalue weighted by Gasteiger charge is -2.29. The van der Waals surface area contributed by atoms with Crippen molar-refractivity contribution in [3.63, 3.8) is 0 Å². The van der Waals surface area contributed by atoms with Crippen LogP contribution in [-0.4, -0.2) is 5.97 Å². The van der Waals surface area contributed by atoms with Crippen molar-refractivity contribution in [2.75, 3.05) is 4.90 Å². The molecule has 0 spiro atoms. The third kappa shape index (κ3) is 4.09. The number of para-hydroxylation sites is 1. The maximum atomic E-state index is 13.9. The van der Waals surface area contributed by atoms with Crippen LogP contribution in [0.2, 0.25) is 0 Å². The second-order valence-electron chi connectivity index (χ2n) is 9.70. The van der Waals surface area contributed by atoms with E-state index in [0.29, 0.717) is 5.57 Å². The van der Waals surface area contributed by atoms with Crippen LogP contribution < -0.4 is 4.90 Å². The Morgan fingerprint density at radius 1 is 0.861 bits per heavy atom. The summed E-state index contributed by atoms with van der Waals surface area (Å²) in [6.07, 6.45) is 0. The predicted octanol–water partition coefficient (Wildman–Crippen LogP) is 8.22. The highest BCUT2D eigenvalue weighted by Crippen LogP contribution is 2.50. The Labute approximate surface area is 211 Å². The summed E-state index contributed by atoms with van der Waals surface area (Å²) in [5.41, 5.74) is 8.65. The highest BCUT2D eigenvalue weighted by atomic mass is 19.1. The summed E-state index contributed by atoms with van der Waals surface area (Å²) >= 11 is 0. The number of halogens is 1. The summed E-state index contributed by atoms with van der Waals surface area (Å²) in [5, 5.41) is 0. The summed E-state index contributed by atoms with van der Waals surface area (Å²) in [6, 6.07) is 29.2. The molecule has 0 saturated carbocycles. The number of carbonyl (C=O) groups excluding carboxylic acids is 1. The van der Waals surface area contributed by atoms with E-state index in [9.17, 15) is 9.18 Å². The van der Waals surface area contributed by atoms with Crippen LogP contribution in [0.5, 0.6) is 0 Å². The minimum atomic E-state index is -0.435. The van der Waals surface area contributed by atoms with E-state index in [-0.39, 0.29) is 17.8 Å². The number of benzene rings is 4. The number of rotatable bonds is 6. The summed E-state index contributed by atoms with van der Waals surface area (Å²) < 4.78 is 19.4. The molecule has 36 heavy (non-hydrogen) atoms. The van der Waals surface area contributed by atoms with Crippen molar-refractivity contribution in [1.82, 2.24) is 0 Å². The fourth-order valence-electron chi connectivity index (χ4n) is 4.97. The molecule has 5 rings (SSSR count). The number of carbonyl (C=O) groups is 1. The van der Waals surface area contributed by atoms with Crippen LogP contribution in [0.4, 0.5) is 21.5 Å². The average Bonchev–Trinajstić information content (AvgIpc) is 3.11. The van der Waals surface area contributed by atoms with E-state index in [0.717, 1.165) is 22.6 Å². The third-order valence-corrected chi connectivity index (χ3v) is 6.85. The number of fused-ring (bicyclic) bond motifs is 3. The van der Waals surface area contributed by atoms with Crippen LogP contribution in [0.25, 0.3) is 11.1 Å². The van der Waals surface area contributed by atoms with Gasteiger partial charge in [0.2, 0.25) is 0 Å². The molecule has 4 aromatic rings. The highest BCUT2D eigenvalue weighted by molar-refractivity contribution is 5.88. The number of anilines is 3. The normalized spacial score (nSPS) is 13.0. The molecule has 0 saturated heterocycles. The standard InChI is InChI=1S/C32H28FNO2/c1-21(2)31(35)36-20-22-9-5-8-12-30(22)34(24-15-13-23(33)14-16-24)25-17-18-27-26-10-6-7-11-28(26)32(3,4)29(27)19-25/h5-19H,1,20H2,2-4H3. The first-order valence-corrected chi connectivity index (χ1v) is 12.0. The van der Waals surface area contributed by atoms with Crippen molar-refractivity contribution in [1.29, 1.82) is 0 Å². The molecule has 3 nitrogen and oxygen atoms in total. The smallest absolute Gasteiger partial charge is 0.333 e. The van der Waals surface area contributed by atoms with E-state index in [1.54, 1.807) is 19.1 Å². The van der Waals surface area contributed by atoms with Gasteiger partial charge in [-0.15, -0.1) is 0 Å². The highest BCUT2D eigenvalue weighted by Gasteiger charge is 2.35. The van der Waals surface area contributed by atoms with Crippen molar-refractivity contribution in [3.8, 4) is 11.1 Å². The topological polar surface area (TPSA) is 29.5 Å². The van der Waals surface area contributed by atoms with Gasteiger partial charge >= 0.3 is 5.97 Å². The first-order valence-electron chi connectivity index (χ1n) is 12.0. The first kappa shape index (κ1) is 23.6. The van der Waals surface area contributed by atoms with E-state index in [4.69, 9.17) is 4.74 Å². The summed E-state index contributed by atoms with van der Waals surface area (Å²) in [7, 11) is 0. The fraction of sp³-hybridized carbons (Fsp3) is 0.156. The SMILES string of the molecule is C=C(C)C(=O)OCc1ccccc1N(c1ccc(F)cc1)c1ccc2c(c1)C(C)(C)c1ccccc1-2. The second-order valence-corrected chi connectivity index (χ2v) is 9.70. The number of hydrogen-bond donors (Lipinski definition) is 0. The lowest BCUT2D eigenvalue weighted by molar-refractivity contribution is -0.140. The Morgan fingerprint density at radius 2 is 1.50 bits per heavy atom. The number of ether oxygens (including phenoxy) is 1. The molecule has 0 unspecified atom stereocenters. The predicted molar refractivity (Wildman–Crippen MR) is 143 cm³/mol. The van der Waals surface area contributed by atoms with Gasteiger partial charge in [-0.05, 0) is 71.6 Å². The Hall–Kier alpha value is -4.18. The number of nitrogens with zero attached hydrogens (tertiary/aromatic N) is 1. The molecule has 0 bridgehead atoms. The fourth-order valence-corrected chi connectivity index (χ4v) is 4.97. The van der Waals surface area contributed by atoms with Crippen molar-refractivity contribution in [2.45, 2.75) is 32.8 Å². The second kappa shape index (κ2) is 9.12. The zero-order valence-corrected chi connectivity index (χ0v) is 20.7. The third-order valence-electron chi connectivity index (χ3n) is 6.85. The molecular formula is C32H28FNO2. The van der Waals surface area contributed by atoms with Crippen molar-refractivity contribution >= 4 is 23.0 Å². The van der Waals surface area contributed by atoms with E-state index in [1.807, 2.05) is 24.3 Å². The van der Waals surface area contributed by atoms with Crippen LogP contribution in [0.1, 0.15) is 37.5 Å². The van der Waals surface area contributed by atoms with Gasteiger partial charge in [-0.25, -0.2) is 9.18 Å². The Kier molecular flexibility index (Phi) is 5.97. The van der Waals surface area contributed by atoms with Crippen molar-refractivity contribution in [2.24, 2.45) is 0 Å². The van der Waals surface area contributed by atoms with Gasteiger partial charge in [0.05, 0.1) is 5.69 Å². The first-order chi connectivity index (χ1) is 17.3. The lowest BCUT2D eigenvalue weighted by Crippen LogP contribution is -2.17. The van der Waals surface area contributed by atoms with Crippen LogP contribution in [0.3, 0.4) is 0 Å². The van der Waals surface area contributed by atoms with Gasteiger partial charge in [0, 0.05) is 27.9 Å². The zero-order chi connectivity index (χ0) is 25.4. The molecule has 0 aliphatic heterocycles. The molecule has 180 valence electrons. The van der Waals surface area contributed by atoms with Crippen LogP contribution >= 0.6 is 0 Å². The van der Waals surface area contributed by atoms with E-state index in [2.05, 4.69) is 67.8 Å². The van der Waals surface area contributed by atoms with E-state index in [1.165, 1.54) is 34.4 Å². The maximum Gasteiger partial charge on any atom is 0.333 e. The number of hydrogen-bond acceptors (Lipinski definition) is 3. The minimum absolute atomic E-state index is 0.0986. The summed E-state index contributed by atoms with van der Waals surface area (Å²) in [4.78, 5) is 14.2. The molecule has 1 aliphatic carbocycles. The molecule has 0 heterocycles. The molecular weight excluding hydrogens is 449 g/mol. The Balaban J connectivity index is 1.64. The molecule has 0 atom stereocenters. The Morgan fingerprint density at radius 3 is 2.25 bits per heavy atom. The maximum absolute atomic E-state index is 13.9. The molecule has 0 amide bonds. The number of esters is 1. The van der Waals surface area contributed by atoms with Crippen LogP contribution in [0, 0.1) is 5.82 Å². The van der Waals surface area contributed by atoms with Gasteiger partial charge in [-0.3, -0.25) is 0 Å². The Bertz CT molecular complexity index is 1470. The molecule has 1 aliphatic rings. The van der Waals surface area contributed by atoms with Gasteiger partial charge in [0.1, 0.15) is 12.4 Å². The monoisotopic (exact) mass is 477 g/mol. The molecule has 0 aromatic heterocycles. The lowest BCUT2D eigenvalue weighted by atomic mass is 9.82. The average molecular weight is 478 g/mol. The van der Waals surface area contributed by atoms with Crippen LogP contribution in [-0.2, 0) is 21.6 Å². The summed E-state index contributed by atoms with van der Waals surface area (Å²) in [6.45, 7) is 9.89. The van der Waals surface area contributed by atoms with Crippen LogP contribution in [0.15, 0.2) is 103 Å². The zero-order valence-electron chi connectivity index (χ0n) is 20.7. The van der Waals surface area contributed by atoms with Crippen molar-refractivity contribution in [3.05, 3.63) is 126 Å². The van der Waals surface area contributed by atoms with Gasteiger partial charge in [-0.1, -0.05) is 69.0 Å². The minimum Gasteiger partial charge on any atom is -0.457 e. The summed E-state index contributed by atoms with van der Waals surface area (Å²) in [5.74, 6) is -0.733. The molecule has 4 aromatic carbocycles. The van der Waals surface area contributed by atoms with Gasteiger partial charge in [-0.2, -0.15) is 0 Å². The quantitative estimate of drug-likeness (QED) is 0.207. The van der Waals surface area contributed by atoms with Gasteiger partial charge in [0.15, 0.2) is 0 Å². The van der Waals surface area contributed by atoms with E-state index >= 15 is 0 Å². The van der Waals surface area contributed by atoms with E-state index < -0.39 is 5.97 Å².